The van der Waals surface area contributed by atoms with Crippen LogP contribution >= 0.6 is 0 Å². The minimum Gasteiger partial charge on any atom is -0.303 e. The molecule has 2 rings (SSSR count). The number of anilines is 1. The molecule has 0 amide bonds. The van der Waals surface area contributed by atoms with E-state index in [9.17, 15) is 18.0 Å². The van der Waals surface area contributed by atoms with Crippen LogP contribution in [0.5, 0.6) is 0 Å². The smallest absolute Gasteiger partial charge is 0.303 e. The summed E-state index contributed by atoms with van der Waals surface area (Å²) in [5.41, 5.74) is 1.97. The minimum atomic E-state index is -3.26. The highest BCUT2D eigenvalue weighted by Gasteiger charge is 2.08. The minimum absolute atomic E-state index is 0.263. The fraction of sp³-hybridized carbons (Fsp3) is 0.545. The number of hydrogen-bond donors (Lipinski definition) is 1. The number of aryl methyl sites for hydroxylation is 2. The normalized spacial score (nSPS) is 11.8. The quantitative estimate of drug-likeness (QED) is 0.532. The Morgan fingerprint density at radius 2 is 1.55 bits per heavy atom. The molecule has 1 aromatic carbocycles. The van der Waals surface area contributed by atoms with E-state index in [-0.39, 0.29) is 11.2 Å². The van der Waals surface area contributed by atoms with Crippen molar-refractivity contribution >= 4 is 15.7 Å². The predicted octanol–water partition coefficient (Wildman–Crippen LogP) is 1.73. The van der Waals surface area contributed by atoms with Crippen molar-refractivity contribution in [3.05, 3.63) is 62.4 Å². The lowest BCUT2D eigenvalue weighted by Crippen LogP contribution is -2.38. The zero-order valence-electron chi connectivity index (χ0n) is 18.9. The van der Waals surface area contributed by atoms with E-state index in [1.54, 1.807) is 29.8 Å². The van der Waals surface area contributed by atoms with E-state index in [4.69, 9.17) is 0 Å². The Balaban J connectivity index is 1.84. The molecule has 172 valence electrons. The summed E-state index contributed by atoms with van der Waals surface area (Å²) >= 11 is 0. The fourth-order valence-electron chi connectivity index (χ4n) is 3.61. The highest BCUT2D eigenvalue weighted by molar-refractivity contribution is 7.92. The Hall–Kier alpha value is -2.39. The number of sulfonamides is 1. The van der Waals surface area contributed by atoms with Crippen LogP contribution in [0, 0.1) is 0 Å². The average Bonchev–Trinajstić information content (AvgIpc) is 2.70. The lowest BCUT2D eigenvalue weighted by atomic mass is 10.1. The van der Waals surface area contributed by atoms with E-state index in [0.717, 1.165) is 61.8 Å². The van der Waals surface area contributed by atoms with Crippen LogP contribution in [0.3, 0.4) is 0 Å². The molecule has 31 heavy (non-hydrogen) atoms. The molecular weight excluding hydrogens is 416 g/mol. The zero-order valence-corrected chi connectivity index (χ0v) is 19.7. The largest absolute Gasteiger partial charge is 0.330 e. The summed E-state index contributed by atoms with van der Waals surface area (Å²) in [5, 5.41) is 0. The van der Waals surface area contributed by atoms with E-state index in [1.807, 2.05) is 12.1 Å². The SMILES string of the molecule is CCCN(CCCc1ccc(NS(C)(=O)=O)cc1)CCCc1cc(=O)n(C)c(=O)n1C. The maximum Gasteiger partial charge on any atom is 0.330 e. The molecule has 1 heterocycles. The van der Waals surface area contributed by atoms with E-state index in [0.29, 0.717) is 12.1 Å². The van der Waals surface area contributed by atoms with Crippen LogP contribution in [0.4, 0.5) is 5.69 Å². The number of hydrogen-bond acceptors (Lipinski definition) is 5. The van der Waals surface area contributed by atoms with Gasteiger partial charge in [0.25, 0.3) is 5.56 Å². The number of nitrogens with zero attached hydrogens (tertiary/aromatic N) is 3. The van der Waals surface area contributed by atoms with Crippen molar-refractivity contribution in [3.63, 3.8) is 0 Å². The first-order valence-electron chi connectivity index (χ1n) is 10.7. The number of aromatic nitrogens is 2. The summed E-state index contributed by atoms with van der Waals surface area (Å²) in [7, 11) is -0.0581. The van der Waals surface area contributed by atoms with Crippen LogP contribution < -0.4 is 16.0 Å². The maximum atomic E-state index is 12.1. The van der Waals surface area contributed by atoms with Crippen LogP contribution in [0.2, 0.25) is 0 Å². The molecule has 0 saturated carbocycles. The Kier molecular flexibility index (Phi) is 9.06. The summed E-state index contributed by atoms with van der Waals surface area (Å²) in [6.45, 7) is 5.04. The lowest BCUT2D eigenvalue weighted by molar-refractivity contribution is 0.267. The van der Waals surface area contributed by atoms with Gasteiger partial charge in [0.15, 0.2) is 0 Å². The Morgan fingerprint density at radius 3 is 2.13 bits per heavy atom. The zero-order chi connectivity index (χ0) is 23.0. The highest BCUT2D eigenvalue weighted by Crippen LogP contribution is 2.13. The second-order valence-electron chi connectivity index (χ2n) is 7.99. The number of rotatable bonds is 12. The Labute approximate surface area is 184 Å². The highest BCUT2D eigenvalue weighted by atomic mass is 32.2. The van der Waals surface area contributed by atoms with Crippen LogP contribution in [-0.2, 0) is 37.0 Å². The Morgan fingerprint density at radius 1 is 0.935 bits per heavy atom. The summed E-state index contributed by atoms with van der Waals surface area (Å²) < 4.78 is 27.7. The third kappa shape index (κ3) is 7.99. The first kappa shape index (κ1) is 24.9. The van der Waals surface area contributed by atoms with Crippen molar-refractivity contribution in [1.29, 1.82) is 0 Å². The van der Waals surface area contributed by atoms with Gasteiger partial charge in [0.1, 0.15) is 0 Å². The van der Waals surface area contributed by atoms with Crippen molar-refractivity contribution in [2.45, 2.75) is 39.0 Å². The van der Waals surface area contributed by atoms with Gasteiger partial charge in [-0.1, -0.05) is 19.1 Å². The van der Waals surface area contributed by atoms with Gasteiger partial charge in [0.05, 0.1) is 6.26 Å². The van der Waals surface area contributed by atoms with Crippen molar-refractivity contribution < 1.29 is 8.42 Å². The molecular formula is C22H34N4O4S. The maximum absolute atomic E-state index is 12.1. The molecule has 0 bridgehead atoms. The molecule has 0 aliphatic rings. The van der Waals surface area contributed by atoms with Gasteiger partial charge < -0.3 is 9.47 Å². The molecule has 9 heteroatoms. The van der Waals surface area contributed by atoms with Crippen LogP contribution in [0.25, 0.3) is 0 Å². The standard InChI is InChI=1S/C22H34N4O4S/c1-5-14-26(16-7-9-20-17-21(27)25(3)22(28)24(20)2)15-6-8-18-10-12-19(13-11-18)23-31(4,29)30/h10-13,17,23H,5-9,14-16H2,1-4H3. The fourth-order valence-corrected chi connectivity index (χ4v) is 4.18. The Bertz CT molecular complexity index is 1070. The summed E-state index contributed by atoms with van der Waals surface area (Å²) in [5.74, 6) is 0. The molecule has 0 unspecified atom stereocenters. The molecule has 0 radical (unpaired) electrons. The molecule has 1 aromatic heterocycles. The van der Waals surface area contributed by atoms with Gasteiger partial charge in [0, 0.05) is 31.5 Å². The van der Waals surface area contributed by atoms with E-state index >= 15 is 0 Å². The molecule has 0 aliphatic carbocycles. The molecule has 8 nitrogen and oxygen atoms in total. The lowest BCUT2D eigenvalue weighted by Gasteiger charge is -2.22. The van der Waals surface area contributed by atoms with Crippen molar-refractivity contribution in [2.75, 3.05) is 30.6 Å². The molecule has 0 fully saturated rings. The van der Waals surface area contributed by atoms with Gasteiger partial charge in [-0.3, -0.25) is 14.1 Å². The van der Waals surface area contributed by atoms with E-state index < -0.39 is 10.0 Å². The number of nitrogens with one attached hydrogen (secondary N) is 1. The van der Waals surface area contributed by atoms with Gasteiger partial charge in [-0.2, -0.15) is 0 Å². The summed E-state index contributed by atoms with van der Waals surface area (Å²) in [6, 6.07) is 9.03. The van der Waals surface area contributed by atoms with Gasteiger partial charge in [-0.15, -0.1) is 0 Å². The van der Waals surface area contributed by atoms with Crippen LogP contribution in [0.1, 0.15) is 37.4 Å². The molecule has 0 saturated heterocycles. The molecule has 0 spiro atoms. The summed E-state index contributed by atoms with van der Waals surface area (Å²) in [4.78, 5) is 26.4. The van der Waals surface area contributed by atoms with E-state index in [1.165, 1.54) is 12.6 Å². The third-order valence-corrected chi connectivity index (χ3v) is 5.88. The molecule has 1 N–H and O–H groups in total. The van der Waals surface area contributed by atoms with Gasteiger partial charge in [-0.25, -0.2) is 13.2 Å². The van der Waals surface area contributed by atoms with Gasteiger partial charge in [-0.05, 0) is 69.4 Å². The predicted molar refractivity (Wildman–Crippen MR) is 125 cm³/mol. The molecule has 2 aromatic rings. The average molecular weight is 451 g/mol. The van der Waals surface area contributed by atoms with Crippen molar-refractivity contribution in [1.82, 2.24) is 14.0 Å². The molecule has 0 atom stereocenters. The third-order valence-electron chi connectivity index (χ3n) is 5.27. The van der Waals surface area contributed by atoms with E-state index in [2.05, 4.69) is 16.5 Å². The second kappa shape index (κ2) is 11.3. The first-order valence-corrected chi connectivity index (χ1v) is 12.5. The van der Waals surface area contributed by atoms with Crippen molar-refractivity contribution in [3.8, 4) is 0 Å². The first-order chi connectivity index (χ1) is 14.6. The van der Waals surface area contributed by atoms with Crippen LogP contribution in [-0.4, -0.2) is 48.3 Å². The van der Waals surface area contributed by atoms with Crippen molar-refractivity contribution in [2.24, 2.45) is 14.1 Å². The summed E-state index contributed by atoms with van der Waals surface area (Å²) in [6.07, 6.45) is 5.70. The molecule has 0 aliphatic heterocycles. The van der Waals surface area contributed by atoms with Crippen LogP contribution in [0.15, 0.2) is 39.9 Å². The monoisotopic (exact) mass is 450 g/mol. The topological polar surface area (TPSA) is 93.4 Å². The number of benzene rings is 1. The van der Waals surface area contributed by atoms with Gasteiger partial charge >= 0.3 is 5.69 Å². The second-order valence-corrected chi connectivity index (χ2v) is 9.74. The van der Waals surface area contributed by atoms with Gasteiger partial charge in [0.2, 0.25) is 10.0 Å².